The topological polar surface area (TPSA) is 89.9 Å². The summed E-state index contributed by atoms with van der Waals surface area (Å²) in [7, 11) is 0. The van der Waals surface area contributed by atoms with Crippen LogP contribution in [0.4, 0.5) is 0 Å². The van der Waals surface area contributed by atoms with Gasteiger partial charge in [-0.1, -0.05) is 13.8 Å². The quantitative estimate of drug-likeness (QED) is 0.824. The summed E-state index contributed by atoms with van der Waals surface area (Å²) in [5.74, 6) is 0.0956. The van der Waals surface area contributed by atoms with Crippen molar-refractivity contribution in [2.24, 2.45) is 5.92 Å². The minimum Gasteiger partial charge on any atom is -0.466 e. The number of aromatic nitrogens is 4. The van der Waals surface area contributed by atoms with E-state index in [4.69, 9.17) is 4.74 Å². The maximum absolute atomic E-state index is 12.3. The number of hydrogen-bond acceptors (Lipinski definition) is 5. The Morgan fingerprint density at radius 1 is 1.43 bits per heavy atom. The van der Waals surface area contributed by atoms with E-state index in [1.807, 2.05) is 4.68 Å². The van der Waals surface area contributed by atoms with E-state index in [-0.39, 0.29) is 29.4 Å². The predicted molar refractivity (Wildman–Crippen MR) is 85.2 cm³/mol. The van der Waals surface area contributed by atoms with E-state index in [1.165, 1.54) is 0 Å². The number of carbonyl (C=O) groups excluding carboxylic acids is 1. The smallest absolute Gasteiger partial charge is 0.309 e. The molecule has 2 aromatic heterocycles. The highest BCUT2D eigenvalue weighted by molar-refractivity contribution is 5.78. The van der Waals surface area contributed by atoms with E-state index < -0.39 is 0 Å². The van der Waals surface area contributed by atoms with E-state index in [2.05, 4.69) is 28.9 Å². The van der Waals surface area contributed by atoms with Crippen LogP contribution in [-0.4, -0.2) is 32.3 Å². The molecule has 0 bridgehead atoms. The zero-order chi connectivity index (χ0) is 16.6. The molecule has 0 unspecified atom stereocenters. The van der Waals surface area contributed by atoms with Crippen molar-refractivity contribution in [2.75, 3.05) is 6.61 Å². The van der Waals surface area contributed by atoms with Crippen molar-refractivity contribution in [1.29, 1.82) is 0 Å². The van der Waals surface area contributed by atoms with Crippen molar-refractivity contribution >= 4 is 17.0 Å². The third-order valence-corrected chi connectivity index (χ3v) is 4.50. The van der Waals surface area contributed by atoms with Crippen LogP contribution in [0.5, 0.6) is 0 Å². The Labute approximate surface area is 134 Å². The summed E-state index contributed by atoms with van der Waals surface area (Å²) in [6.07, 6.45) is 4.09. The summed E-state index contributed by atoms with van der Waals surface area (Å²) in [5.41, 5.74) is 0.406. The van der Waals surface area contributed by atoms with E-state index in [0.717, 1.165) is 12.8 Å². The first-order valence-electron chi connectivity index (χ1n) is 8.24. The molecule has 2 heterocycles. The first-order chi connectivity index (χ1) is 11.1. The van der Waals surface area contributed by atoms with Crippen LogP contribution in [0.15, 0.2) is 11.0 Å². The average molecular weight is 318 g/mol. The van der Waals surface area contributed by atoms with E-state index in [1.54, 1.807) is 13.1 Å². The predicted octanol–water partition coefficient (Wildman–Crippen LogP) is 2.15. The highest BCUT2D eigenvalue weighted by atomic mass is 16.5. The second-order valence-electron chi connectivity index (χ2n) is 5.95. The van der Waals surface area contributed by atoms with Crippen molar-refractivity contribution in [3.63, 3.8) is 0 Å². The van der Waals surface area contributed by atoms with Gasteiger partial charge in [0.15, 0.2) is 5.65 Å². The molecule has 1 aliphatic rings. The van der Waals surface area contributed by atoms with Crippen molar-refractivity contribution in [3.8, 4) is 0 Å². The summed E-state index contributed by atoms with van der Waals surface area (Å²) in [5, 5.41) is 4.84. The van der Waals surface area contributed by atoms with Gasteiger partial charge in [0.05, 0.1) is 24.8 Å². The summed E-state index contributed by atoms with van der Waals surface area (Å²) < 4.78 is 6.87. The summed E-state index contributed by atoms with van der Waals surface area (Å²) in [4.78, 5) is 31.5. The van der Waals surface area contributed by atoms with Crippen LogP contribution in [0, 0.1) is 5.92 Å². The number of hydrogen-bond donors (Lipinski definition) is 1. The van der Waals surface area contributed by atoms with Crippen LogP contribution in [-0.2, 0) is 9.53 Å². The molecule has 0 aliphatic heterocycles. The minimum atomic E-state index is -0.214. The van der Waals surface area contributed by atoms with Gasteiger partial charge in [0.2, 0.25) is 0 Å². The molecule has 7 nitrogen and oxygen atoms in total. The van der Waals surface area contributed by atoms with Crippen LogP contribution in [0.2, 0.25) is 0 Å². The molecule has 0 amide bonds. The fourth-order valence-electron chi connectivity index (χ4n) is 3.04. The third-order valence-electron chi connectivity index (χ3n) is 4.50. The SMILES string of the molecule is CCOC(=O)[C@H]1C[C@H]1c1nc2c(cnn2C(CC)CC)c(=O)[nH]1. The van der Waals surface area contributed by atoms with Gasteiger partial charge >= 0.3 is 5.97 Å². The summed E-state index contributed by atoms with van der Waals surface area (Å²) >= 11 is 0. The Morgan fingerprint density at radius 2 is 2.17 bits per heavy atom. The van der Waals surface area contributed by atoms with Crippen LogP contribution in [0.1, 0.15) is 57.8 Å². The first kappa shape index (κ1) is 15.7. The van der Waals surface area contributed by atoms with Gasteiger partial charge in [0, 0.05) is 5.92 Å². The number of fused-ring (bicyclic) bond motifs is 1. The Morgan fingerprint density at radius 3 is 2.83 bits per heavy atom. The summed E-state index contributed by atoms with van der Waals surface area (Å²) in [6, 6.07) is 0.217. The Kier molecular flexibility index (Phi) is 4.19. The van der Waals surface area contributed by atoms with E-state index >= 15 is 0 Å². The zero-order valence-electron chi connectivity index (χ0n) is 13.7. The highest BCUT2D eigenvalue weighted by Crippen LogP contribution is 2.46. The standard InChI is InChI=1S/C16H22N4O3/c1-4-9(5-2)20-14-12(8-17-20)15(21)19-13(18-14)10-7-11(10)16(22)23-6-3/h8-11H,4-7H2,1-3H3,(H,18,19,21)/t10-,11+/m1/s1. The van der Waals surface area contributed by atoms with Gasteiger partial charge in [0.1, 0.15) is 11.2 Å². The molecule has 1 fully saturated rings. The van der Waals surface area contributed by atoms with Crippen LogP contribution in [0.3, 0.4) is 0 Å². The lowest BCUT2D eigenvalue weighted by Crippen LogP contribution is -2.15. The average Bonchev–Trinajstić information content (AvgIpc) is 3.24. The highest BCUT2D eigenvalue weighted by Gasteiger charge is 2.47. The lowest BCUT2D eigenvalue weighted by molar-refractivity contribution is -0.144. The molecule has 0 radical (unpaired) electrons. The van der Waals surface area contributed by atoms with Gasteiger partial charge in [-0.25, -0.2) is 9.67 Å². The molecule has 1 aliphatic carbocycles. The molecule has 23 heavy (non-hydrogen) atoms. The number of ether oxygens (including phenoxy) is 1. The molecule has 2 atom stereocenters. The monoisotopic (exact) mass is 318 g/mol. The molecule has 2 aromatic rings. The number of carbonyl (C=O) groups is 1. The number of nitrogens with one attached hydrogen (secondary N) is 1. The Hall–Kier alpha value is -2.18. The van der Waals surface area contributed by atoms with Crippen LogP contribution in [0.25, 0.3) is 11.0 Å². The van der Waals surface area contributed by atoms with Gasteiger partial charge in [0.25, 0.3) is 5.56 Å². The van der Waals surface area contributed by atoms with Gasteiger partial charge in [-0.2, -0.15) is 5.10 Å². The largest absolute Gasteiger partial charge is 0.466 e. The van der Waals surface area contributed by atoms with Crippen molar-refractivity contribution in [1.82, 2.24) is 19.7 Å². The van der Waals surface area contributed by atoms with E-state index in [0.29, 0.717) is 29.9 Å². The summed E-state index contributed by atoms with van der Waals surface area (Å²) in [6.45, 7) is 6.34. The second-order valence-corrected chi connectivity index (χ2v) is 5.95. The molecule has 0 saturated heterocycles. The maximum atomic E-state index is 12.3. The zero-order valence-corrected chi connectivity index (χ0v) is 13.7. The Balaban J connectivity index is 1.96. The molecular formula is C16H22N4O3. The van der Waals surface area contributed by atoms with Crippen molar-refractivity contribution in [2.45, 2.75) is 52.0 Å². The lowest BCUT2D eigenvalue weighted by atomic mass is 10.2. The number of H-pyrrole nitrogens is 1. The third kappa shape index (κ3) is 2.75. The molecule has 7 heteroatoms. The van der Waals surface area contributed by atoms with Gasteiger partial charge in [-0.15, -0.1) is 0 Å². The number of nitrogens with zero attached hydrogens (tertiary/aromatic N) is 3. The van der Waals surface area contributed by atoms with Gasteiger partial charge in [-0.05, 0) is 26.2 Å². The maximum Gasteiger partial charge on any atom is 0.309 e. The number of rotatable bonds is 6. The van der Waals surface area contributed by atoms with Crippen molar-refractivity contribution in [3.05, 3.63) is 22.4 Å². The van der Waals surface area contributed by atoms with Crippen molar-refractivity contribution < 1.29 is 9.53 Å². The molecule has 124 valence electrons. The van der Waals surface area contributed by atoms with Crippen LogP contribution < -0.4 is 5.56 Å². The fraction of sp³-hybridized carbons (Fsp3) is 0.625. The molecule has 3 rings (SSSR count). The van der Waals surface area contributed by atoms with Crippen LogP contribution >= 0.6 is 0 Å². The molecular weight excluding hydrogens is 296 g/mol. The van der Waals surface area contributed by atoms with E-state index in [9.17, 15) is 9.59 Å². The Bertz CT molecular complexity index is 775. The number of esters is 1. The number of aromatic amines is 1. The fourth-order valence-corrected chi connectivity index (χ4v) is 3.04. The normalized spacial score (nSPS) is 20.2. The van der Waals surface area contributed by atoms with Gasteiger partial charge in [-0.3, -0.25) is 9.59 Å². The van der Waals surface area contributed by atoms with Gasteiger partial charge < -0.3 is 9.72 Å². The molecule has 0 spiro atoms. The lowest BCUT2D eigenvalue weighted by Gasteiger charge is -2.13. The first-order valence-corrected chi connectivity index (χ1v) is 8.24. The second kappa shape index (κ2) is 6.14. The molecule has 0 aromatic carbocycles. The minimum absolute atomic E-state index is 0.0591. The molecule has 1 N–H and O–H groups in total. The molecule has 1 saturated carbocycles.